The number of hydrogen-bond acceptors (Lipinski definition) is 4. The maximum atomic E-state index is 12.7. The summed E-state index contributed by atoms with van der Waals surface area (Å²) in [5, 5.41) is 12.0. The fourth-order valence-electron chi connectivity index (χ4n) is 2.73. The van der Waals surface area contributed by atoms with Gasteiger partial charge >= 0.3 is 0 Å². The van der Waals surface area contributed by atoms with Gasteiger partial charge in [-0.2, -0.15) is 11.8 Å². The summed E-state index contributed by atoms with van der Waals surface area (Å²) in [5.74, 6) is 1.08. The molecule has 5 nitrogen and oxygen atoms in total. The van der Waals surface area contributed by atoms with Crippen molar-refractivity contribution >= 4 is 23.5 Å². The number of amides is 1. The highest BCUT2D eigenvalue weighted by Crippen LogP contribution is 2.43. The molecule has 2 rings (SSSR count). The summed E-state index contributed by atoms with van der Waals surface area (Å²) in [4.78, 5) is 14.6. The Kier molecular flexibility index (Phi) is 3.99. The van der Waals surface area contributed by atoms with Crippen LogP contribution in [0.4, 0.5) is 0 Å². The minimum Gasteiger partial charge on any atom is -0.409 e. The van der Waals surface area contributed by atoms with Crippen molar-refractivity contribution in [2.24, 2.45) is 16.3 Å². The lowest BCUT2D eigenvalue weighted by Gasteiger charge is -2.42. The molecule has 0 aromatic rings. The van der Waals surface area contributed by atoms with E-state index in [1.807, 2.05) is 16.7 Å². The van der Waals surface area contributed by atoms with Gasteiger partial charge in [-0.3, -0.25) is 4.79 Å². The van der Waals surface area contributed by atoms with Gasteiger partial charge in [0.2, 0.25) is 5.91 Å². The molecule has 0 bridgehead atoms. The van der Waals surface area contributed by atoms with Crippen LogP contribution >= 0.6 is 11.8 Å². The Morgan fingerprint density at radius 2 is 2.00 bits per heavy atom. The van der Waals surface area contributed by atoms with E-state index < -0.39 is 5.41 Å². The van der Waals surface area contributed by atoms with Crippen molar-refractivity contribution < 1.29 is 10.0 Å². The molecule has 2 fully saturated rings. The average Bonchev–Trinajstić information content (AvgIpc) is 2.48. The van der Waals surface area contributed by atoms with Crippen LogP contribution in [0.2, 0.25) is 0 Å². The fraction of sp³-hybridized carbons (Fsp3) is 0.846. The van der Waals surface area contributed by atoms with Gasteiger partial charge in [-0.25, -0.2) is 0 Å². The van der Waals surface area contributed by atoms with E-state index in [2.05, 4.69) is 19.0 Å². The Bertz CT molecular complexity index is 391. The summed E-state index contributed by atoms with van der Waals surface area (Å²) in [6.45, 7) is 5.95. The molecular formula is C13H23N3O2S. The van der Waals surface area contributed by atoms with E-state index >= 15 is 0 Å². The molecule has 3 N–H and O–H groups in total. The number of carbonyl (C=O) groups is 1. The Hall–Kier alpha value is -0.910. The quantitative estimate of drug-likeness (QED) is 0.350. The van der Waals surface area contributed by atoms with Crippen molar-refractivity contribution in [2.45, 2.75) is 44.3 Å². The predicted molar refractivity (Wildman–Crippen MR) is 77.4 cm³/mol. The second kappa shape index (κ2) is 5.23. The van der Waals surface area contributed by atoms with E-state index in [0.29, 0.717) is 12.8 Å². The van der Waals surface area contributed by atoms with E-state index in [0.717, 1.165) is 31.7 Å². The zero-order valence-corrected chi connectivity index (χ0v) is 12.5. The Morgan fingerprint density at radius 3 is 2.53 bits per heavy atom. The number of nitrogens with two attached hydrogens (primary N) is 1. The summed E-state index contributed by atoms with van der Waals surface area (Å²) < 4.78 is 0.221. The molecule has 0 unspecified atom stereocenters. The van der Waals surface area contributed by atoms with Crippen LogP contribution < -0.4 is 5.73 Å². The first-order chi connectivity index (χ1) is 8.91. The number of carbonyl (C=O) groups excluding carboxylic acids is 1. The van der Waals surface area contributed by atoms with Crippen LogP contribution in [0.1, 0.15) is 39.5 Å². The molecule has 1 heterocycles. The van der Waals surface area contributed by atoms with Gasteiger partial charge in [0, 0.05) is 23.6 Å². The highest BCUT2D eigenvalue weighted by Gasteiger charge is 2.50. The van der Waals surface area contributed by atoms with E-state index in [9.17, 15) is 4.79 Å². The van der Waals surface area contributed by atoms with Gasteiger partial charge in [-0.1, -0.05) is 25.4 Å². The van der Waals surface area contributed by atoms with Crippen molar-refractivity contribution in [2.75, 3.05) is 18.8 Å². The van der Waals surface area contributed by atoms with E-state index in [1.165, 1.54) is 0 Å². The zero-order valence-electron chi connectivity index (χ0n) is 11.7. The van der Waals surface area contributed by atoms with Crippen LogP contribution in [0.3, 0.4) is 0 Å². The first-order valence-electron chi connectivity index (χ1n) is 6.83. The third-order valence-electron chi connectivity index (χ3n) is 4.34. The number of oxime groups is 1. The largest absolute Gasteiger partial charge is 0.409 e. The van der Waals surface area contributed by atoms with Crippen molar-refractivity contribution in [3.05, 3.63) is 0 Å². The average molecular weight is 285 g/mol. The highest BCUT2D eigenvalue weighted by atomic mass is 32.2. The molecule has 1 saturated carbocycles. The van der Waals surface area contributed by atoms with Crippen molar-refractivity contribution in [3.63, 3.8) is 0 Å². The summed E-state index contributed by atoms with van der Waals surface area (Å²) in [5.41, 5.74) is 5.03. The van der Waals surface area contributed by atoms with E-state index in [-0.39, 0.29) is 16.5 Å². The maximum Gasteiger partial charge on any atom is 0.236 e. The van der Waals surface area contributed by atoms with Gasteiger partial charge < -0.3 is 15.8 Å². The molecule has 1 aliphatic carbocycles. The first-order valence-corrected chi connectivity index (χ1v) is 7.81. The molecule has 0 aromatic carbocycles. The lowest BCUT2D eigenvalue weighted by Crippen LogP contribution is -2.55. The van der Waals surface area contributed by atoms with Crippen molar-refractivity contribution in [1.29, 1.82) is 0 Å². The fourth-order valence-corrected chi connectivity index (χ4v) is 3.83. The molecule has 0 aromatic heterocycles. The smallest absolute Gasteiger partial charge is 0.236 e. The highest BCUT2D eigenvalue weighted by molar-refractivity contribution is 8.00. The van der Waals surface area contributed by atoms with Crippen LogP contribution in [-0.4, -0.2) is 45.4 Å². The monoisotopic (exact) mass is 285 g/mol. The molecule has 6 heteroatoms. The molecule has 2 aliphatic rings. The van der Waals surface area contributed by atoms with Crippen LogP contribution in [0.5, 0.6) is 0 Å². The van der Waals surface area contributed by atoms with Crippen LogP contribution in [0.15, 0.2) is 5.16 Å². The summed E-state index contributed by atoms with van der Waals surface area (Å²) in [6.07, 6.45) is 3.36. The van der Waals surface area contributed by atoms with Gasteiger partial charge in [0.15, 0.2) is 5.84 Å². The Balaban J connectivity index is 2.11. The first kappa shape index (κ1) is 14.5. The van der Waals surface area contributed by atoms with Gasteiger partial charge in [-0.15, -0.1) is 0 Å². The summed E-state index contributed by atoms with van der Waals surface area (Å²) in [6, 6.07) is 0. The molecule has 0 atom stereocenters. The van der Waals surface area contributed by atoms with Gasteiger partial charge in [0.05, 0.1) is 0 Å². The standard InChI is InChI=1S/C13H23N3O2S/c1-12(2)6-7-16(8-9-19-12)11(17)13(4-3-5-13)10(14)15-18/h18H,3-9H2,1-2H3,(H2,14,15). The lowest BCUT2D eigenvalue weighted by molar-refractivity contribution is -0.142. The molecule has 1 amide bonds. The van der Waals surface area contributed by atoms with Crippen molar-refractivity contribution in [3.8, 4) is 0 Å². The second-order valence-corrected chi connectivity index (χ2v) is 7.87. The van der Waals surface area contributed by atoms with E-state index in [4.69, 9.17) is 10.9 Å². The van der Waals surface area contributed by atoms with Gasteiger partial charge in [0.1, 0.15) is 5.41 Å². The summed E-state index contributed by atoms with van der Waals surface area (Å²) >= 11 is 1.91. The zero-order chi connectivity index (χ0) is 14.1. The molecule has 1 aliphatic heterocycles. The molecule has 0 spiro atoms. The topological polar surface area (TPSA) is 78.9 Å². The third-order valence-corrected chi connectivity index (χ3v) is 5.71. The van der Waals surface area contributed by atoms with Crippen LogP contribution in [0.25, 0.3) is 0 Å². The van der Waals surface area contributed by atoms with Crippen LogP contribution in [-0.2, 0) is 4.79 Å². The Labute approximate surface area is 118 Å². The minimum atomic E-state index is -0.728. The third kappa shape index (κ3) is 2.68. The normalized spacial score (nSPS) is 26.4. The molecule has 19 heavy (non-hydrogen) atoms. The minimum absolute atomic E-state index is 0.0485. The van der Waals surface area contributed by atoms with Crippen molar-refractivity contribution in [1.82, 2.24) is 4.90 Å². The molecule has 1 saturated heterocycles. The number of nitrogens with zero attached hydrogens (tertiary/aromatic N) is 2. The molecule has 0 radical (unpaired) electrons. The number of thioether (sulfide) groups is 1. The SMILES string of the molecule is CC1(C)CCN(C(=O)C2(C(N)=NO)CCC2)CCS1. The maximum absolute atomic E-state index is 12.7. The van der Waals surface area contributed by atoms with Crippen LogP contribution in [0, 0.1) is 5.41 Å². The second-order valence-electron chi connectivity index (χ2n) is 6.07. The predicted octanol–water partition coefficient (Wildman–Crippen LogP) is 1.65. The molecule has 108 valence electrons. The van der Waals surface area contributed by atoms with E-state index in [1.54, 1.807) is 0 Å². The number of amidine groups is 1. The Morgan fingerprint density at radius 1 is 1.32 bits per heavy atom. The van der Waals surface area contributed by atoms with Gasteiger partial charge in [0.25, 0.3) is 0 Å². The summed E-state index contributed by atoms with van der Waals surface area (Å²) in [7, 11) is 0. The number of hydrogen-bond donors (Lipinski definition) is 2. The molecular weight excluding hydrogens is 262 g/mol. The number of rotatable bonds is 2. The lowest BCUT2D eigenvalue weighted by atomic mass is 9.66. The van der Waals surface area contributed by atoms with Gasteiger partial charge in [-0.05, 0) is 19.3 Å².